The third-order valence-electron chi connectivity index (χ3n) is 5.91. The minimum atomic E-state index is -0.775. The standard InChI is InChI=1S/C23H19Cl2FN2O4/c24-14-7-10-18(19(25)11-14)21(30)27(12-20(29)13-5-8-15(26)9-6-13)28-22(31)16-3-1-2-4-17(16)23(28)32/h5-11,16-17H,1-4,12H2/t16-,17-/m0/s1. The summed E-state index contributed by atoms with van der Waals surface area (Å²) >= 11 is 12.1. The lowest BCUT2D eigenvalue weighted by Gasteiger charge is -2.30. The van der Waals surface area contributed by atoms with Gasteiger partial charge in [0.2, 0.25) is 0 Å². The zero-order valence-corrected chi connectivity index (χ0v) is 18.4. The zero-order valence-electron chi connectivity index (χ0n) is 16.9. The molecule has 0 spiro atoms. The van der Waals surface area contributed by atoms with Gasteiger partial charge in [0.25, 0.3) is 17.7 Å². The van der Waals surface area contributed by atoms with Crippen LogP contribution in [0.1, 0.15) is 46.4 Å². The van der Waals surface area contributed by atoms with Crippen molar-refractivity contribution < 1.29 is 23.6 Å². The van der Waals surface area contributed by atoms with Gasteiger partial charge in [-0.2, -0.15) is 5.01 Å². The summed E-state index contributed by atoms with van der Waals surface area (Å²) in [6, 6.07) is 9.00. The minimum Gasteiger partial charge on any atom is -0.292 e. The highest BCUT2D eigenvalue weighted by Gasteiger charge is 2.52. The molecule has 3 amide bonds. The number of hydrogen-bond acceptors (Lipinski definition) is 4. The number of Topliss-reactive ketones (excluding diaryl/α,β-unsaturated/α-hetero) is 1. The molecular formula is C23H19Cl2FN2O4. The van der Waals surface area contributed by atoms with Crippen molar-refractivity contribution in [2.24, 2.45) is 11.8 Å². The van der Waals surface area contributed by atoms with E-state index in [0.29, 0.717) is 17.9 Å². The highest BCUT2D eigenvalue weighted by Crippen LogP contribution is 2.39. The van der Waals surface area contributed by atoms with Crippen LogP contribution in [-0.4, -0.2) is 40.1 Å². The van der Waals surface area contributed by atoms with Gasteiger partial charge in [-0.1, -0.05) is 36.0 Å². The van der Waals surface area contributed by atoms with Gasteiger partial charge in [0.05, 0.1) is 22.4 Å². The molecule has 32 heavy (non-hydrogen) atoms. The van der Waals surface area contributed by atoms with E-state index in [1.54, 1.807) is 0 Å². The predicted molar refractivity (Wildman–Crippen MR) is 116 cm³/mol. The van der Waals surface area contributed by atoms with Crippen LogP contribution in [0.15, 0.2) is 42.5 Å². The van der Waals surface area contributed by atoms with Gasteiger partial charge >= 0.3 is 0 Å². The van der Waals surface area contributed by atoms with Crippen molar-refractivity contribution in [1.82, 2.24) is 10.0 Å². The van der Waals surface area contributed by atoms with E-state index < -0.39 is 47.7 Å². The zero-order chi connectivity index (χ0) is 23.0. The molecule has 9 heteroatoms. The summed E-state index contributed by atoms with van der Waals surface area (Å²) in [5.74, 6) is -3.85. The highest BCUT2D eigenvalue weighted by atomic mass is 35.5. The molecule has 0 unspecified atom stereocenters. The number of hydrazine groups is 1. The molecule has 166 valence electrons. The van der Waals surface area contributed by atoms with Crippen molar-refractivity contribution in [3.63, 3.8) is 0 Å². The first-order chi connectivity index (χ1) is 15.3. The van der Waals surface area contributed by atoms with E-state index >= 15 is 0 Å². The van der Waals surface area contributed by atoms with E-state index in [1.165, 1.54) is 30.3 Å². The van der Waals surface area contributed by atoms with E-state index in [-0.39, 0.29) is 16.1 Å². The molecular weight excluding hydrogens is 458 g/mol. The van der Waals surface area contributed by atoms with E-state index in [1.807, 2.05) is 0 Å². The van der Waals surface area contributed by atoms with Crippen LogP contribution in [0.3, 0.4) is 0 Å². The maximum absolute atomic E-state index is 13.4. The molecule has 1 heterocycles. The van der Waals surface area contributed by atoms with Gasteiger partial charge in [-0.3, -0.25) is 19.2 Å². The lowest BCUT2D eigenvalue weighted by Crippen LogP contribution is -2.52. The number of hydrogen-bond donors (Lipinski definition) is 0. The molecule has 0 N–H and O–H groups in total. The third-order valence-corrected chi connectivity index (χ3v) is 6.46. The van der Waals surface area contributed by atoms with Gasteiger partial charge in [-0.15, -0.1) is 0 Å². The fraction of sp³-hybridized carbons (Fsp3) is 0.304. The van der Waals surface area contributed by atoms with Crippen LogP contribution in [0.5, 0.6) is 0 Å². The number of rotatable bonds is 5. The second-order valence-corrected chi connectivity index (χ2v) is 8.75. The molecule has 1 aliphatic carbocycles. The lowest BCUT2D eigenvalue weighted by molar-refractivity contribution is -0.154. The maximum atomic E-state index is 13.4. The molecule has 2 fully saturated rings. The Labute approximate surface area is 193 Å². The van der Waals surface area contributed by atoms with Crippen molar-refractivity contribution in [3.05, 3.63) is 69.5 Å². The third kappa shape index (κ3) is 4.14. The van der Waals surface area contributed by atoms with E-state index in [9.17, 15) is 23.6 Å². The summed E-state index contributed by atoms with van der Waals surface area (Å²) in [5.41, 5.74) is 0.140. The molecule has 6 nitrogen and oxygen atoms in total. The molecule has 1 saturated heterocycles. The fourth-order valence-electron chi connectivity index (χ4n) is 4.28. The summed E-state index contributed by atoms with van der Waals surface area (Å²) in [6.45, 7) is -0.583. The molecule has 2 aliphatic rings. The smallest absolute Gasteiger partial charge is 0.274 e. The first-order valence-electron chi connectivity index (χ1n) is 10.2. The fourth-order valence-corrected chi connectivity index (χ4v) is 4.77. The Kier molecular flexibility index (Phi) is 6.31. The first-order valence-corrected chi connectivity index (χ1v) is 11.0. The van der Waals surface area contributed by atoms with Gasteiger partial charge in [-0.05, 0) is 55.3 Å². The van der Waals surface area contributed by atoms with Crippen LogP contribution < -0.4 is 0 Å². The van der Waals surface area contributed by atoms with E-state index in [4.69, 9.17) is 23.2 Å². The van der Waals surface area contributed by atoms with Crippen LogP contribution in [0.25, 0.3) is 0 Å². The quantitative estimate of drug-likeness (QED) is 0.468. The summed E-state index contributed by atoms with van der Waals surface area (Å²) < 4.78 is 13.3. The van der Waals surface area contributed by atoms with Gasteiger partial charge in [0.1, 0.15) is 12.4 Å². The Morgan fingerprint density at radius 3 is 2.12 bits per heavy atom. The van der Waals surface area contributed by atoms with Crippen LogP contribution >= 0.6 is 23.2 Å². The van der Waals surface area contributed by atoms with Gasteiger partial charge < -0.3 is 0 Å². The van der Waals surface area contributed by atoms with Crippen molar-refractivity contribution in [2.75, 3.05) is 6.54 Å². The molecule has 1 saturated carbocycles. The minimum absolute atomic E-state index is 0.00144. The molecule has 2 atom stereocenters. The number of imide groups is 1. The predicted octanol–water partition coefficient (Wildman–Crippen LogP) is 4.55. The second kappa shape index (κ2) is 9.00. The van der Waals surface area contributed by atoms with E-state index in [0.717, 1.165) is 35.0 Å². The Hall–Kier alpha value is -2.77. The summed E-state index contributed by atoms with van der Waals surface area (Å²) in [5, 5.41) is 1.98. The van der Waals surface area contributed by atoms with Crippen molar-refractivity contribution in [3.8, 4) is 0 Å². The van der Waals surface area contributed by atoms with Crippen molar-refractivity contribution in [1.29, 1.82) is 0 Å². The Bertz CT molecular complexity index is 1080. The molecule has 1 aliphatic heterocycles. The number of ketones is 1. The Balaban J connectivity index is 1.71. The number of fused-ring (bicyclic) bond motifs is 1. The maximum Gasteiger partial charge on any atom is 0.274 e. The average Bonchev–Trinajstić information content (AvgIpc) is 3.02. The van der Waals surface area contributed by atoms with Gasteiger partial charge in [-0.25, -0.2) is 9.40 Å². The van der Waals surface area contributed by atoms with Crippen LogP contribution in [-0.2, 0) is 9.59 Å². The number of benzene rings is 2. The summed E-state index contributed by atoms with van der Waals surface area (Å²) in [4.78, 5) is 52.6. The van der Waals surface area contributed by atoms with Crippen LogP contribution in [0, 0.1) is 17.7 Å². The number of halogens is 3. The number of carbonyl (C=O) groups is 4. The van der Waals surface area contributed by atoms with Crippen LogP contribution in [0.2, 0.25) is 10.0 Å². The lowest BCUT2D eigenvalue weighted by atomic mass is 9.81. The Morgan fingerprint density at radius 2 is 1.56 bits per heavy atom. The number of nitrogens with zero attached hydrogens (tertiary/aromatic N) is 2. The van der Waals surface area contributed by atoms with E-state index in [2.05, 4.69) is 0 Å². The molecule has 0 aromatic heterocycles. The van der Waals surface area contributed by atoms with Crippen molar-refractivity contribution >= 4 is 46.7 Å². The largest absolute Gasteiger partial charge is 0.292 e. The van der Waals surface area contributed by atoms with Crippen LogP contribution in [0.4, 0.5) is 4.39 Å². The Morgan fingerprint density at radius 1 is 0.969 bits per heavy atom. The molecule has 0 radical (unpaired) electrons. The first kappa shape index (κ1) is 22.4. The molecule has 0 bridgehead atoms. The highest BCUT2D eigenvalue weighted by molar-refractivity contribution is 6.36. The van der Waals surface area contributed by atoms with Gasteiger partial charge in [0, 0.05) is 10.6 Å². The summed E-state index contributed by atoms with van der Waals surface area (Å²) in [6.07, 6.45) is 2.75. The average molecular weight is 477 g/mol. The molecule has 2 aromatic carbocycles. The second-order valence-electron chi connectivity index (χ2n) is 7.90. The molecule has 2 aromatic rings. The normalized spacial score (nSPS) is 20.3. The molecule has 4 rings (SSSR count). The number of amides is 3. The SMILES string of the molecule is O=C(CN(C(=O)c1ccc(Cl)cc1Cl)N1C(=O)[C@H]2CCCC[C@@H]2C1=O)c1ccc(F)cc1. The van der Waals surface area contributed by atoms with Gasteiger partial charge in [0.15, 0.2) is 5.78 Å². The summed E-state index contributed by atoms with van der Waals surface area (Å²) in [7, 11) is 0. The monoisotopic (exact) mass is 476 g/mol. The number of carbonyl (C=O) groups excluding carboxylic acids is 4. The topological polar surface area (TPSA) is 74.8 Å². The van der Waals surface area contributed by atoms with Crippen molar-refractivity contribution in [2.45, 2.75) is 25.7 Å².